The number of carbonyl (C=O) groups excluding carboxylic acids is 2. The minimum atomic E-state index is -0.473. The summed E-state index contributed by atoms with van der Waals surface area (Å²) in [7, 11) is 0. The van der Waals surface area contributed by atoms with E-state index in [1.807, 2.05) is 49.4 Å². The number of benzene rings is 3. The third-order valence-electron chi connectivity index (χ3n) is 4.06. The highest BCUT2D eigenvalue weighted by Gasteiger charge is 2.05. The number of fused-ring (bicyclic) bond motifs is 1. The van der Waals surface area contributed by atoms with Gasteiger partial charge in [0.15, 0.2) is 6.61 Å². The van der Waals surface area contributed by atoms with Crippen LogP contribution in [-0.2, 0) is 9.59 Å². The van der Waals surface area contributed by atoms with Crippen LogP contribution < -0.4 is 15.6 Å². The Balaban J connectivity index is 1.50. The smallest absolute Gasteiger partial charge is 0.276 e. The van der Waals surface area contributed by atoms with Gasteiger partial charge in [-0.25, -0.2) is 0 Å². The summed E-state index contributed by atoms with van der Waals surface area (Å²) in [6.07, 6.45) is 3.07. The fraction of sp³-hybridized carbons (Fsp3) is 0.0909. The zero-order valence-electron chi connectivity index (χ0n) is 15.2. The van der Waals surface area contributed by atoms with E-state index in [0.717, 1.165) is 21.9 Å². The predicted octanol–water partition coefficient (Wildman–Crippen LogP) is 4.04. The second-order valence-electron chi connectivity index (χ2n) is 6.14. The number of rotatable bonds is 5. The van der Waals surface area contributed by atoms with Crippen molar-refractivity contribution in [2.24, 2.45) is 0 Å². The molecular weight excluding hydrogens is 376 g/mol. The molecule has 3 aromatic carbocycles. The molecule has 0 aliphatic rings. The summed E-state index contributed by atoms with van der Waals surface area (Å²) < 4.78 is 5.37. The van der Waals surface area contributed by atoms with Gasteiger partial charge in [0.25, 0.3) is 11.8 Å². The zero-order valence-corrected chi connectivity index (χ0v) is 16.0. The molecule has 0 aliphatic heterocycles. The SMILES string of the molecule is Cc1cc(OCC(=O)NNC(=O)/C=C/c2cccc3ccccc23)ccc1Cl. The Morgan fingerprint density at radius 1 is 1.04 bits per heavy atom. The van der Waals surface area contributed by atoms with Crippen LogP contribution in [0.4, 0.5) is 0 Å². The Bertz CT molecular complexity index is 1040. The van der Waals surface area contributed by atoms with E-state index < -0.39 is 11.8 Å². The zero-order chi connectivity index (χ0) is 19.9. The Morgan fingerprint density at radius 3 is 2.64 bits per heavy atom. The van der Waals surface area contributed by atoms with Crippen molar-refractivity contribution in [3.63, 3.8) is 0 Å². The number of hydrazine groups is 1. The van der Waals surface area contributed by atoms with Crippen molar-refractivity contribution >= 4 is 40.3 Å². The molecule has 142 valence electrons. The number of aryl methyl sites for hydroxylation is 1. The molecule has 0 radical (unpaired) electrons. The van der Waals surface area contributed by atoms with Crippen LogP contribution in [0, 0.1) is 6.92 Å². The number of hydrogen-bond donors (Lipinski definition) is 2. The van der Waals surface area contributed by atoms with E-state index in [1.54, 1.807) is 24.3 Å². The lowest BCUT2D eigenvalue weighted by atomic mass is 10.0. The molecular formula is C22H19ClN2O3. The summed E-state index contributed by atoms with van der Waals surface area (Å²) in [6.45, 7) is 1.62. The van der Waals surface area contributed by atoms with Crippen molar-refractivity contribution in [3.05, 3.63) is 82.9 Å². The Kier molecular flexibility index (Phi) is 6.29. The maximum absolute atomic E-state index is 11.9. The van der Waals surface area contributed by atoms with Gasteiger partial charge in [0.2, 0.25) is 0 Å². The molecule has 0 spiro atoms. The fourth-order valence-electron chi connectivity index (χ4n) is 2.63. The quantitative estimate of drug-likeness (QED) is 0.507. The number of amides is 2. The molecule has 3 rings (SSSR count). The van der Waals surface area contributed by atoms with Crippen LogP contribution in [0.1, 0.15) is 11.1 Å². The minimum Gasteiger partial charge on any atom is -0.484 e. The summed E-state index contributed by atoms with van der Waals surface area (Å²) in [4.78, 5) is 23.8. The first kappa shape index (κ1) is 19.5. The van der Waals surface area contributed by atoms with Gasteiger partial charge in [-0.2, -0.15) is 0 Å². The van der Waals surface area contributed by atoms with Crippen LogP contribution in [0.25, 0.3) is 16.8 Å². The maximum Gasteiger partial charge on any atom is 0.276 e. The standard InChI is InChI=1S/C22H19ClN2O3/c1-15-13-18(10-11-20(15)23)28-14-22(27)25-24-21(26)12-9-17-7-4-6-16-5-2-3-8-19(16)17/h2-13H,14H2,1H3,(H,24,26)(H,25,27)/b12-9+. The van der Waals surface area contributed by atoms with Crippen molar-refractivity contribution < 1.29 is 14.3 Å². The highest BCUT2D eigenvalue weighted by Crippen LogP contribution is 2.21. The molecule has 0 saturated heterocycles. The lowest BCUT2D eigenvalue weighted by Crippen LogP contribution is -2.43. The average Bonchev–Trinajstić information content (AvgIpc) is 2.71. The van der Waals surface area contributed by atoms with Gasteiger partial charge in [-0.3, -0.25) is 20.4 Å². The second kappa shape index (κ2) is 9.06. The number of ether oxygens (including phenoxy) is 1. The lowest BCUT2D eigenvalue weighted by molar-refractivity contribution is -0.128. The fourth-order valence-corrected chi connectivity index (χ4v) is 2.74. The van der Waals surface area contributed by atoms with Gasteiger partial charge >= 0.3 is 0 Å². The number of hydrogen-bond acceptors (Lipinski definition) is 3. The number of halogens is 1. The van der Waals surface area contributed by atoms with Crippen molar-refractivity contribution in [2.75, 3.05) is 6.61 Å². The molecule has 0 saturated carbocycles. The summed E-state index contributed by atoms with van der Waals surface area (Å²) in [5, 5.41) is 2.76. The first-order chi connectivity index (χ1) is 13.5. The number of nitrogens with one attached hydrogen (secondary N) is 2. The van der Waals surface area contributed by atoms with Gasteiger partial charge in [0, 0.05) is 11.1 Å². The van der Waals surface area contributed by atoms with Gasteiger partial charge in [-0.1, -0.05) is 54.1 Å². The van der Waals surface area contributed by atoms with Crippen LogP contribution in [0.5, 0.6) is 5.75 Å². The van der Waals surface area contributed by atoms with Crippen molar-refractivity contribution in [1.82, 2.24) is 10.9 Å². The second-order valence-corrected chi connectivity index (χ2v) is 6.55. The summed E-state index contributed by atoms with van der Waals surface area (Å²) >= 11 is 5.95. The average molecular weight is 395 g/mol. The van der Waals surface area contributed by atoms with E-state index in [-0.39, 0.29) is 6.61 Å². The van der Waals surface area contributed by atoms with Crippen LogP contribution in [0.15, 0.2) is 66.7 Å². The third-order valence-corrected chi connectivity index (χ3v) is 4.49. The molecule has 0 aromatic heterocycles. The van der Waals surface area contributed by atoms with Gasteiger partial charge < -0.3 is 4.74 Å². The molecule has 0 aliphatic carbocycles. The summed E-state index contributed by atoms with van der Waals surface area (Å²) in [5.41, 5.74) is 6.41. The van der Waals surface area contributed by atoms with Crippen molar-refractivity contribution in [1.29, 1.82) is 0 Å². The molecule has 6 heteroatoms. The van der Waals surface area contributed by atoms with Gasteiger partial charge in [0.05, 0.1) is 0 Å². The van der Waals surface area contributed by atoms with Crippen LogP contribution in [0.2, 0.25) is 5.02 Å². The maximum atomic E-state index is 11.9. The Hall–Kier alpha value is -3.31. The van der Waals surface area contributed by atoms with E-state index in [0.29, 0.717) is 10.8 Å². The highest BCUT2D eigenvalue weighted by molar-refractivity contribution is 6.31. The topological polar surface area (TPSA) is 67.4 Å². The largest absolute Gasteiger partial charge is 0.484 e. The van der Waals surface area contributed by atoms with E-state index in [2.05, 4.69) is 10.9 Å². The third kappa shape index (κ3) is 5.11. The number of carbonyl (C=O) groups is 2. The predicted molar refractivity (Wildman–Crippen MR) is 111 cm³/mol. The van der Waals surface area contributed by atoms with Crippen LogP contribution in [-0.4, -0.2) is 18.4 Å². The minimum absolute atomic E-state index is 0.228. The van der Waals surface area contributed by atoms with E-state index >= 15 is 0 Å². The van der Waals surface area contributed by atoms with Gasteiger partial charge in [-0.15, -0.1) is 0 Å². The summed E-state index contributed by atoms with van der Waals surface area (Å²) in [5.74, 6) is -0.387. The summed E-state index contributed by atoms with van der Waals surface area (Å²) in [6, 6.07) is 18.9. The van der Waals surface area contributed by atoms with Gasteiger partial charge in [-0.05, 0) is 53.1 Å². The molecule has 0 heterocycles. The Morgan fingerprint density at radius 2 is 1.82 bits per heavy atom. The molecule has 0 fully saturated rings. The molecule has 0 bridgehead atoms. The van der Waals surface area contributed by atoms with Gasteiger partial charge in [0.1, 0.15) is 5.75 Å². The molecule has 0 atom stereocenters. The molecule has 0 unspecified atom stereocenters. The Labute approximate surface area is 167 Å². The lowest BCUT2D eigenvalue weighted by Gasteiger charge is -2.08. The van der Waals surface area contributed by atoms with Crippen LogP contribution in [0.3, 0.4) is 0 Å². The van der Waals surface area contributed by atoms with E-state index in [1.165, 1.54) is 6.08 Å². The van der Waals surface area contributed by atoms with Crippen molar-refractivity contribution in [2.45, 2.75) is 6.92 Å². The first-order valence-corrected chi connectivity index (χ1v) is 9.04. The van der Waals surface area contributed by atoms with Crippen molar-refractivity contribution in [3.8, 4) is 5.75 Å². The molecule has 2 amide bonds. The first-order valence-electron chi connectivity index (χ1n) is 8.66. The monoisotopic (exact) mass is 394 g/mol. The van der Waals surface area contributed by atoms with E-state index in [4.69, 9.17) is 16.3 Å². The highest BCUT2D eigenvalue weighted by atomic mass is 35.5. The molecule has 2 N–H and O–H groups in total. The van der Waals surface area contributed by atoms with E-state index in [9.17, 15) is 9.59 Å². The van der Waals surface area contributed by atoms with Crippen LogP contribution >= 0.6 is 11.6 Å². The normalized spacial score (nSPS) is 10.8. The molecule has 28 heavy (non-hydrogen) atoms. The molecule has 5 nitrogen and oxygen atoms in total. The molecule has 3 aromatic rings.